The Kier molecular flexibility index (Phi) is 20.7. The summed E-state index contributed by atoms with van der Waals surface area (Å²) in [5.74, 6) is 0. The van der Waals surface area contributed by atoms with E-state index >= 15 is 0 Å². The first-order chi connectivity index (χ1) is 3.73. The summed E-state index contributed by atoms with van der Waals surface area (Å²) >= 11 is 0. The zero-order valence-corrected chi connectivity index (χ0v) is 7.36. The van der Waals surface area contributed by atoms with Crippen LogP contribution in [0.5, 0.6) is 0 Å². The number of nitrogens with two attached hydrogens (primary N) is 1. The van der Waals surface area contributed by atoms with Crippen LogP contribution >= 0.6 is 0 Å². The van der Waals surface area contributed by atoms with Crippen molar-refractivity contribution in [2.75, 3.05) is 0 Å². The van der Waals surface area contributed by atoms with Gasteiger partial charge in [0.05, 0.1) is 0 Å². The Labute approximate surface area is 82.7 Å². The Morgan fingerprint density at radius 2 is 1.18 bits per heavy atom. The van der Waals surface area contributed by atoms with Crippen LogP contribution in [-0.2, 0) is 43.3 Å². The molecule has 0 aromatic carbocycles. The molecule has 0 atom stereocenters. The van der Waals surface area contributed by atoms with Crippen LogP contribution in [0.3, 0.4) is 0 Å². The van der Waals surface area contributed by atoms with Gasteiger partial charge in [-0.1, -0.05) is 0 Å². The van der Waals surface area contributed by atoms with Crippen molar-refractivity contribution in [3.63, 3.8) is 0 Å². The molecule has 0 aliphatic rings. The fraction of sp³-hybridized carbons (Fsp3) is 0. The molecule has 7 nitrogen and oxygen atoms in total. The molecule has 0 rings (SSSR count). The first kappa shape index (κ1) is 22.5. The zero-order chi connectivity index (χ0) is 8.08. The third kappa shape index (κ3) is 41500. The summed E-state index contributed by atoms with van der Waals surface area (Å²) in [6, 6.07) is 0. The van der Waals surface area contributed by atoms with Crippen LogP contribution in [0.2, 0.25) is 0 Å². The SMILES string of the molecule is NS(=O)(=O)[O-].O=C([O-])[O-].[Ni+2].[Ni+2]. The average Bonchev–Trinajstić information content (AvgIpc) is 1.19. The number of hydrogen-bond donors (Lipinski definition) is 1. The number of rotatable bonds is 0. The fourth-order valence-corrected chi connectivity index (χ4v) is 0. The minimum atomic E-state index is -4.42. The van der Waals surface area contributed by atoms with E-state index in [0.717, 1.165) is 0 Å². The van der Waals surface area contributed by atoms with Crippen molar-refractivity contribution in [2.45, 2.75) is 0 Å². The molecular formula is CH2NNi2O6S+. The number of carbonyl (C=O) groups excluding carboxylic acids is 1. The quantitative estimate of drug-likeness (QED) is 0.351. The Morgan fingerprint density at radius 1 is 1.18 bits per heavy atom. The van der Waals surface area contributed by atoms with Crippen molar-refractivity contribution in [3.05, 3.63) is 0 Å². The van der Waals surface area contributed by atoms with E-state index in [2.05, 4.69) is 5.14 Å². The monoisotopic (exact) mass is 272 g/mol. The maximum Gasteiger partial charge on any atom is 2.00 e. The van der Waals surface area contributed by atoms with E-state index in [1.807, 2.05) is 0 Å². The predicted molar refractivity (Wildman–Crippen MR) is 19.3 cm³/mol. The van der Waals surface area contributed by atoms with Gasteiger partial charge in [-0.15, -0.1) is 0 Å². The summed E-state index contributed by atoms with van der Waals surface area (Å²) in [4.78, 5) is 8.33. The number of carboxylic acid groups (broad SMARTS) is 2. The minimum Gasteiger partial charge on any atom is -0.736 e. The molecule has 72 valence electrons. The molecule has 2 N–H and O–H groups in total. The molecule has 10 heteroatoms. The molecule has 0 bridgehead atoms. The molecule has 0 fully saturated rings. The van der Waals surface area contributed by atoms with E-state index in [9.17, 15) is 0 Å². The van der Waals surface area contributed by atoms with Crippen LogP contribution in [0.4, 0.5) is 4.79 Å². The first-order valence-corrected chi connectivity index (χ1v) is 2.82. The third-order valence-electron chi connectivity index (χ3n) is 0. The molecule has 0 saturated carbocycles. The van der Waals surface area contributed by atoms with Gasteiger partial charge in [-0.2, -0.15) is 0 Å². The first-order valence-electron chi connectivity index (χ1n) is 1.35. The summed E-state index contributed by atoms with van der Waals surface area (Å²) < 4.78 is 26.6. The fourth-order valence-electron chi connectivity index (χ4n) is 0. The second-order valence-corrected chi connectivity index (χ2v) is 1.73. The molecule has 0 heterocycles. The van der Waals surface area contributed by atoms with Crippen LogP contribution in [0.1, 0.15) is 0 Å². The molecule has 0 amide bonds. The second kappa shape index (κ2) is 10.1. The van der Waals surface area contributed by atoms with E-state index in [1.54, 1.807) is 0 Å². The molecule has 0 unspecified atom stereocenters. The van der Waals surface area contributed by atoms with Gasteiger partial charge in [-0.25, -0.2) is 13.6 Å². The normalized spacial score (nSPS) is 7.45. The molecular weight excluding hydrogens is 271 g/mol. The number of carbonyl (C=O) groups is 1. The van der Waals surface area contributed by atoms with Crippen LogP contribution in [0.25, 0.3) is 0 Å². The Bertz CT molecular complexity index is 163. The van der Waals surface area contributed by atoms with Crippen molar-refractivity contribution in [1.29, 1.82) is 0 Å². The third-order valence-corrected chi connectivity index (χ3v) is 0. The molecule has 0 saturated heterocycles. The molecule has 0 aliphatic heterocycles. The molecule has 0 radical (unpaired) electrons. The van der Waals surface area contributed by atoms with E-state index in [-0.39, 0.29) is 33.0 Å². The van der Waals surface area contributed by atoms with Gasteiger partial charge in [0.15, 0.2) is 10.3 Å². The van der Waals surface area contributed by atoms with Crippen LogP contribution in [0, 0.1) is 0 Å². The summed E-state index contributed by atoms with van der Waals surface area (Å²) in [6.45, 7) is 0. The van der Waals surface area contributed by atoms with Gasteiger partial charge < -0.3 is 19.6 Å². The molecule has 0 spiro atoms. The van der Waals surface area contributed by atoms with Gasteiger partial charge in [0.2, 0.25) is 0 Å². The van der Waals surface area contributed by atoms with Crippen LogP contribution in [0.15, 0.2) is 0 Å². The Balaban J connectivity index is -0.0000000383. The van der Waals surface area contributed by atoms with Crippen molar-refractivity contribution in [3.8, 4) is 0 Å². The summed E-state index contributed by atoms with van der Waals surface area (Å²) in [7, 11) is -4.42. The maximum atomic E-state index is 8.85. The largest absolute Gasteiger partial charge is 2.00 e. The Morgan fingerprint density at radius 3 is 1.18 bits per heavy atom. The Hall–Kier alpha value is 0.127. The van der Waals surface area contributed by atoms with E-state index in [4.69, 9.17) is 28.0 Å². The van der Waals surface area contributed by atoms with Gasteiger partial charge in [-0.05, 0) is 6.16 Å². The predicted octanol–water partition coefficient (Wildman–Crippen LogP) is -4.05. The van der Waals surface area contributed by atoms with Crippen molar-refractivity contribution >= 4 is 16.5 Å². The topological polar surface area (TPSA) is 146 Å². The zero-order valence-electron chi connectivity index (χ0n) is 4.57. The van der Waals surface area contributed by atoms with Crippen molar-refractivity contribution in [2.24, 2.45) is 5.14 Å². The minimum absolute atomic E-state index is 0. The number of hydrogen-bond acceptors (Lipinski definition) is 6. The summed E-state index contributed by atoms with van der Waals surface area (Å²) in [5.41, 5.74) is 0. The van der Waals surface area contributed by atoms with Gasteiger partial charge >= 0.3 is 33.0 Å². The second-order valence-electron chi connectivity index (χ2n) is 0.743. The van der Waals surface area contributed by atoms with E-state index < -0.39 is 16.5 Å². The average molecular weight is 273 g/mol. The van der Waals surface area contributed by atoms with E-state index in [0.29, 0.717) is 0 Å². The van der Waals surface area contributed by atoms with Gasteiger partial charge in [0.1, 0.15) is 0 Å². The standard InChI is InChI=1S/CH2O3.H3NO3S.2Ni/c2-1(3)4;1-5(2,3)4;;/h(H2,2,3,4);(H3,1,2,3,4);;/q;;2*+2/p-3. The molecule has 11 heavy (non-hydrogen) atoms. The smallest absolute Gasteiger partial charge is 0.736 e. The summed E-state index contributed by atoms with van der Waals surface area (Å²) in [5, 5.41) is 20.4. The molecule has 0 aromatic rings. The molecule has 0 aromatic heterocycles. The van der Waals surface area contributed by atoms with E-state index in [1.165, 1.54) is 0 Å². The van der Waals surface area contributed by atoms with Gasteiger partial charge in [0, 0.05) is 0 Å². The van der Waals surface area contributed by atoms with Crippen LogP contribution in [-0.4, -0.2) is 19.1 Å². The molecule has 0 aliphatic carbocycles. The maximum absolute atomic E-state index is 8.85. The van der Waals surface area contributed by atoms with Crippen molar-refractivity contribution in [1.82, 2.24) is 0 Å². The summed E-state index contributed by atoms with van der Waals surface area (Å²) in [6.07, 6.45) is -2.33. The van der Waals surface area contributed by atoms with Gasteiger partial charge in [-0.3, -0.25) is 0 Å². The van der Waals surface area contributed by atoms with Crippen LogP contribution < -0.4 is 15.4 Å². The van der Waals surface area contributed by atoms with Crippen molar-refractivity contribution < 1.29 is 61.0 Å². The van der Waals surface area contributed by atoms with Gasteiger partial charge in [0.25, 0.3) is 0 Å².